The summed E-state index contributed by atoms with van der Waals surface area (Å²) in [6.07, 6.45) is 2.72. The quantitative estimate of drug-likeness (QED) is 0.820. The van der Waals surface area contributed by atoms with Gasteiger partial charge in [0, 0.05) is 25.7 Å². The fraction of sp³-hybridized carbons (Fsp3) is 0.933. The van der Waals surface area contributed by atoms with Gasteiger partial charge in [-0.2, -0.15) is 0 Å². The third kappa shape index (κ3) is 6.42. The molecule has 2 N–H and O–H groups in total. The maximum Gasteiger partial charge on any atom is 0.251 e. The minimum absolute atomic E-state index is 0. The van der Waals surface area contributed by atoms with Gasteiger partial charge in [0.05, 0.1) is 0 Å². The van der Waals surface area contributed by atoms with Crippen molar-refractivity contribution >= 4 is 18.3 Å². The summed E-state index contributed by atoms with van der Waals surface area (Å²) in [7, 11) is 0. The molecular formula is C15H31ClN2O2. The number of carbonyl (C=O) groups is 1. The Kier molecular flexibility index (Phi) is 9.43. The molecule has 0 saturated carbocycles. The van der Waals surface area contributed by atoms with Gasteiger partial charge in [-0.3, -0.25) is 4.79 Å². The van der Waals surface area contributed by atoms with Crippen LogP contribution in [0.5, 0.6) is 0 Å². The van der Waals surface area contributed by atoms with Gasteiger partial charge in [-0.1, -0.05) is 13.8 Å². The predicted octanol–water partition coefficient (Wildman–Crippen LogP) is 2.45. The van der Waals surface area contributed by atoms with Crippen molar-refractivity contribution in [1.29, 1.82) is 0 Å². The van der Waals surface area contributed by atoms with E-state index in [0.717, 1.165) is 32.4 Å². The zero-order valence-corrected chi connectivity index (χ0v) is 14.1. The van der Waals surface area contributed by atoms with Crippen LogP contribution in [0.3, 0.4) is 0 Å². The first-order chi connectivity index (χ1) is 8.91. The number of hydrogen-bond acceptors (Lipinski definition) is 3. The van der Waals surface area contributed by atoms with E-state index in [1.54, 1.807) is 0 Å². The summed E-state index contributed by atoms with van der Waals surface area (Å²) < 4.78 is 5.63. The van der Waals surface area contributed by atoms with E-state index in [4.69, 9.17) is 10.5 Å². The van der Waals surface area contributed by atoms with Gasteiger partial charge in [-0.25, -0.2) is 0 Å². The highest BCUT2D eigenvalue weighted by Gasteiger charge is 2.27. The molecule has 4 nitrogen and oxygen atoms in total. The molecule has 5 heteroatoms. The normalized spacial score (nSPS) is 19.6. The molecular weight excluding hydrogens is 276 g/mol. The largest absolute Gasteiger partial charge is 0.369 e. The standard InChI is InChI=1S/C15H30N2O2.ClH/c1-11(2)7-10-19-13(4)15(18)17-8-5-14(6-9-17)12(3)16;/h11-14H,5-10,16H2,1-4H3;1H. The third-order valence-electron chi connectivity index (χ3n) is 4.01. The average molecular weight is 307 g/mol. The smallest absolute Gasteiger partial charge is 0.251 e. The van der Waals surface area contributed by atoms with Gasteiger partial charge in [-0.05, 0) is 44.9 Å². The topological polar surface area (TPSA) is 55.6 Å². The van der Waals surface area contributed by atoms with Crippen LogP contribution in [0.1, 0.15) is 47.0 Å². The molecule has 0 spiro atoms. The van der Waals surface area contributed by atoms with Crippen LogP contribution >= 0.6 is 12.4 Å². The summed E-state index contributed by atoms with van der Waals surface area (Å²) in [6.45, 7) is 10.6. The second kappa shape index (κ2) is 9.59. The first-order valence-electron chi connectivity index (χ1n) is 7.57. The molecule has 0 aromatic heterocycles. The Morgan fingerprint density at radius 2 is 1.80 bits per heavy atom. The Morgan fingerprint density at radius 3 is 2.25 bits per heavy atom. The Morgan fingerprint density at radius 1 is 1.25 bits per heavy atom. The van der Waals surface area contributed by atoms with Crippen LogP contribution in [0.2, 0.25) is 0 Å². The number of hydrogen-bond donors (Lipinski definition) is 1. The van der Waals surface area contributed by atoms with Crippen LogP contribution in [-0.2, 0) is 9.53 Å². The van der Waals surface area contributed by atoms with Gasteiger partial charge in [0.2, 0.25) is 0 Å². The molecule has 120 valence electrons. The molecule has 0 bridgehead atoms. The zero-order chi connectivity index (χ0) is 14.4. The Hall–Kier alpha value is -0.320. The van der Waals surface area contributed by atoms with Gasteiger partial charge in [0.1, 0.15) is 6.10 Å². The molecule has 1 aliphatic rings. The molecule has 0 aromatic rings. The Bertz CT molecular complexity index is 277. The summed E-state index contributed by atoms with van der Waals surface area (Å²) in [5.41, 5.74) is 5.91. The van der Waals surface area contributed by atoms with E-state index in [1.807, 2.05) is 11.8 Å². The lowest BCUT2D eigenvalue weighted by Crippen LogP contribution is -2.46. The zero-order valence-electron chi connectivity index (χ0n) is 13.3. The number of rotatable bonds is 6. The molecule has 2 unspecified atom stereocenters. The number of amides is 1. The molecule has 1 heterocycles. The van der Waals surface area contributed by atoms with Crippen LogP contribution in [0.25, 0.3) is 0 Å². The lowest BCUT2D eigenvalue weighted by Gasteiger charge is -2.35. The van der Waals surface area contributed by atoms with Gasteiger partial charge in [0.15, 0.2) is 0 Å². The van der Waals surface area contributed by atoms with E-state index in [-0.39, 0.29) is 30.5 Å². The number of likely N-dealkylation sites (tertiary alicyclic amines) is 1. The first-order valence-corrected chi connectivity index (χ1v) is 7.57. The Balaban J connectivity index is 0.00000361. The highest BCUT2D eigenvalue weighted by atomic mass is 35.5. The van der Waals surface area contributed by atoms with E-state index < -0.39 is 0 Å². The van der Waals surface area contributed by atoms with E-state index in [9.17, 15) is 4.79 Å². The second-order valence-electron chi connectivity index (χ2n) is 6.22. The number of nitrogens with two attached hydrogens (primary N) is 1. The summed E-state index contributed by atoms with van der Waals surface area (Å²) >= 11 is 0. The number of piperidine rings is 1. The highest BCUT2D eigenvalue weighted by molar-refractivity contribution is 5.85. The van der Waals surface area contributed by atoms with Crippen molar-refractivity contribution in [2.24, 2.45) is 17.6 Å². The number of halogens is 1. The number of nitrogens with zero attached hydrogens (tertiary/aromatic N) is 1. The molecule has 20 heavy (non-hydrogen) atoms. The van der Waals surface area contributed by atoms with Crippen LogP contribution in [-0.4, -0.2) is 42.6 Å². The first kappa shape index (κ1) is 19.7. The summed E-state index contributed by atoms with van der Waals surface area (Å²) in [6, 6.07) is 0.233. The summed E-state index contributed by atoms with van der Waals surface area (Å²) in [5.74, 6) is 1.30. The summed E-state index contributed by atoms with van der Waals surface area (Å²) in [5, 5.41) is 0. The minimum atomic E-state index is -0.314. The van der Waals surface area contributed by atoms with E-state index >= 15 is 0 Å². The fourth-order valence-electron chi connectivity index (χ4n) is 2.45. The van der Waals surface area contributed by atoms with Crippen molar-refractivity contribution in [2.45, 2.75) is 59.1 Å². The minimum Gasteiger partial charge on any atom is -0.369 e. The van der Waals surface area contributed by atoms with Crippen LogP contribution in [0.15, 0.2) is 0 Å². The molecule has 0 aromatic carbocycles. The van der Waals surface area contributed by atoms with Crippen molar-refractivity contribution in [3.63, 3.8) is 0 Å². The van der Waals surface area contributed by atoms with E-state index in [1.165, 1.54) is 0 Å². The molecule has 0 radical (unpaired) electrons. The van der Waals surface area contributed by atoms with Gasteiger partial charge < -0.3 is 15.4 Å². The van der Waals surface area contributed by atoms with Gasteiger partial charge in [-0.15, -0.1) is 12.4 Å². The second-order valence-corrected chi connectivity index (χ2v) is 6.22. The summed E-state index contributed by atoms with van der Waals surface area (Å²) in [4.78, 5) is 14.1. The lowest BCUT2D eigenvalue weighted by atomic mass is 9.91. The monoisotopic (exact) mass is 306 g/mol. The van der Waals surface area contributed by atoms with Crippen molar-refractivity contribution in [3.05, 3.63) is 0 Å². The molecule has 1 rings (SSSR count). The van der Waals surface area contributed by atoms with Gasteiger partial charge >= 0.3 is 0 Å². The molecule has 1 aliphatic heterocycles. The maximum atomic E-state index is 12.2. The molecule has 1 fully saturated rings. The van der Waals surface area contributed by atoms with Crippen LogP contribution < -0.4 is 5.73 Å². The lowest BCUT2D eigenvalue weighted by molar-refractivity contribution is -0.144. The fourth-order valence-corrected chi connectivity index (χ4v) is 2.45. The third-order valence-corrected chi connectivity index (χ3v) is 4.01. The SMILES string of the molecule is CC(C)CCOC(C)C(=O)N1CCC(C(C)N)CC1.Cl. The van der Waals surface area contributed by atoms with E-state index in [2.05, 4.69) is 20.8 Å². The predicted molar refractivity (Wildman–Crippen MR) is 85.1 cm³/mol. The molecule has 0 aliphatic carbocycles. The number of ether oxygens (including phenoxy) is 1. The number of carbonyl (C=O) groups excluding carboxylic acids is 1. The Labute approximate surface area is 129 Å². The van der Waals surface area contributed by atoms with Crippen LogP contribution in [0, 0.1) is 11.8 Å². The van der Waals surface area contributed by atoms with Crippen molar-refractivity contribution in [3.8, 4) is 0 Å². The molecule has 1 saturated heterocycles. The van der Waals surface area contributed by atoms with Gasteiger partial charge in [0.25, 0.3) is 5.91 Å². The van der Waals surface area contributed by atoms with Crippen LogP contribution in [0.4, 0.5) is 0 Å². The van der Waals surface area contributed by atoms with E-state index in [0.29, 0.717) is 18.4 Å². The molecule has 2 atom stereocenters. The maximum absolute atomic E-state index is 12.2. The van der Waals surface area contributed by atoms with Crippen molar-refractivity contribution in [2.75, 3.05) is 19.7 Å². The average Bonchev–Trinajstić information content (AvgIpc) is 2.37. The highest BCUT2D eigenvalue weighted by Crippen LogP contribution is 2.20. The van der Waals surface area contributed by atoms with Crippen molar-refractivity contribution in [1.82, 2.24) is 4.90 Å². The van der Waals surface area contributed by atoms with Crippen molar-refractivity contribution < 1.29 is 9.53 Å². The molecule has 1 amide bonds.